The molecule has 0 saturated carbocycles. The summed E-state index contributed by atoms with van der Waals surface area (Å²) in [7, 11) is -3.53. The van der Waals surface area contributed by atoms with Crippen molar-refractivity contribution in [1.82, 2.24) is 10.2 Å². The van der Waals surface area contributed by atoms with Crippen LogP contribution in [0.15, 0.2) is 40.6 Å². The zero-order valence-electron chi connectivity index (χ0n) is 13.4. The van der Waals surface area contributed by atoms with Gasteiger partial charge in [0, 0.05) is 12.2 Å². The number of thiophene rings is 1. The normalized spacial score (nSPS) is 14.2. The van der Waals surface area contributed by atoms with Crippen LogP contribution in [0.3, 0.4) is 0 Å². The van der Waals surface area contributed by atoms with Gasteiger partial charge < -0.3 is 0 Å². The first-order valence-corrected chi connectivity index (χ1v) is 9.96. The van der Waals surface area contributed by atoms with E-state index < -0.39 is 10.0 Å². The predicted molar refractivity (Wildman–Crippen MR) is 96.1 cm³/mol. The van der Waals surface area contributed by atoms with Crippen molar-refractivity contribution in [3.8, 4) is 10.6 Å². The van der Waals surface area contributed by atoms with E-state index in [2.05, 4.69) is 10.2 Å². The van der Waals surface area contributed by atoms with Crippen LogP contribution in [0.25, 0.3) is 10.6 Å². The number of rotatable bonds is 3. The molecule has 0 atom stereocenters. The number of aromatic amines is 1. The number of hydrogen-bond donors (Lipinski definition) is 1. The number of H-pyrrole nitrogens is 1. The standard InChI is InChI=1S/C17H17N3O2S2/c1-11-12(2)18-19-17(11)15-7-8-16(23-15)24(21,22)20-10-9-13-5-3-4-6-14(13)20/h3-8H,9-10H2,1-2H3,(H,18,19). The molecular weight excluding hydrogens is 342 g/mol. The third-order valence-corrected chi connectivity index (χ3v) is 7.83. The number of nitrogens with zero attached hydrogens (tertiary/aromatic N) is 2. The quantitative estimate of drug-likeness (QED) is 0.778. The minimum absolute atomic E-state index is 0.356. The Labute approximate surface area is 145 Å². The molecule has 1 aliphatic heterocycles. The van der Waals surface area contributed by atoms with Crippen molar-refractivity contribution in [3.63, 3.8) is 0 Å². The molecule has 0 saturated heterocycles. The van der Waals surface area contributed by atoms with Gasteiger partial charge in [0.2, 0.25) is 0 Å². The van der Waals surface area contributed by atoms with Crippen LogP contribution in [0.4, 0.5) is 5.69 Å². The molecule has 2 aromatic heterocycles. The fourth-order valence-electron chi connectivity index (χ4n) is 2.98. The number of para-hydroxylation sites is 1. The molecule has 0 fully saturated rings. The van der Waals surface area contributed by atoms with Gasteiger partial charge in [0.1, 0.15) is 9.90 Å². The minimum Gasteiger partial charge on any atom is -0.282 e. The summed E-state index contributed by atoms with van der Waals surface area (Å²) < 4.78 is 28.0. The molecule has 0 amide bonds. The number of fused-ring (bicyclic) bond motifs is 1. The Morgan fingerprint density at radius 1 is 1.17 bits per heavy atom. The molecule has 0 radical (unpaired) electrons. The van der Waals surface area contributed by atoms with Gasteiger partial charge in [-0.2, -0.15) is 5.10 Å². The smallest absolute Gasteiger partial charge is 0.273 e. The summed E-state index contributed by atoms with van der Waals surface area (Å²) in [4.78, 5) is 0.864. The average Bonchev–Trinajstić information content (AvgIpc) is 3.27. The first-order chi connectivity index (χ1) is 11.5. The van der Waals surface area contributed by atoms with Crippen molar-refractivity contribution in [2.75, 3.05) is 10.8 Å². The van der Waals surface area contributed by atoms with Crippen LogP contribution in [-0.4, -0.2) is 25.2 Å². The van der Waals surface area contributed by atoms with E-state index in [-0.39, 0.29) is 0 Å². The third-order valence-electron chi connectivity index (χ3n) is 4.46. The second kappa shape index (κ2) is 5.46. The fraction of sp³-hybridized carbons (Fsp3) is 0.235. The molecule has 0 unspecified atom stereocenters. The number of aryl methyl sites for hydroxylation is 1. The molecule has 0 spiro atoms. The Hall–Kier alpha value is -2.12. The van der Waals surface area contributed by atoms with E-state index in [1.54, 1.807) is 6.07 Å². The lowest BCUT2D eigenvalue weighted by Crippen LogP contribution is -2.28. The van der Waals surface area contributed by atoms with Crippen molar-refractivity contribution < 1.29 is 8.42 Å². The Kier molecular flexibility index (Phi) is 3.51. The number of aromatic nitrogens is 2. The molecule has 1 aliphatic rings. The molecule has 7 heteroatoms. The lowest BCUT2D eigenvalue weighted by Gasteiger charge is -2.18. The van der Waals surface area contributed by atoms with Gasteiger partial charge in [0.05, 0.1) is 10.6 Å². The van der Waals surface area contributed by atoms with Crippen molar-refractivity contribution in [2.24, 2.45) is 0 Å². The monoisotopic (exact) mass is 359 g/mol. The van der Waals surface area contributed by atoms with E-state index in [0.717, 1.165) is 39.5 Å². The predicted octanol–water partition coefficient (Wildman–Crippen LogP) is 3.51. The highest BCUT2D eigenvalue weighted by Crippen LogP contribution is 2.37. The third kappa shape index (κ3) is 2.27. The number of nitrogens with one attached hydrogen (secondary N) is 1. The Bertz CT molecular complexity index is 1020. The Morgan fingerprint density at radius 3 is 2.71 bits per heavy atom. The van der Waals surface area contributed by atoms with Gasteiger partial charge in [0.15, 0.2) is 0 Å². The second-order valence-corrected chi connectivity index (χ2v) is 9.07. The molecule has 3 heterocycles. The molecule has 1 aromatic carbocycles. The van der Waals surface area contributed by atoms with Gasteiger partial charge in [-0.15, -0.1) is 11.3 Å². The Balaban J connectivity index is 1.73. The lowest BCUT2D eigenvalue weighted by molar-refractivity contribution is 0.594. The highest BCUT2D eigenvalue weighted by atomic mass is 32.2. The molecular formula is C17H17N3O2S2. The average molecular weight is 359 g/mol. The zero-order chi connectivity index (χ0) is 16.9. The van der Waals surface area contributed by atoms with E-state index in [1.807, 2.05) is 44.2 Å². The van der Waals surface area contributed by atoms with Crippen LogP contribution in [0.2, 0.25) is 0 Å². The van der Waals surface area contributed by atoms with Crippen LogP contribution in [0, 0.1) is 13.8 Å². The van der Waals surface area contributed by atoms with Crippen LogP contribution in [-0.2, 0) is 16.4 Å². The molecule has 5 nitrogen and oxygen atoms in total. The Morgan fingerprint density at radius 2 is 1.96 bits per heavy atom. The van der Waals surface area contributed by atoms with E-state index in [9.17, 15) is 8.42 Å². The topological polar surface area (TPSA) is 66.1 Å². The highest BCUT2D eigenvalue weighted by molar-refractivity contribution is 7.94. The number of benzene rings is 1. The van der Waals surface area contributed by atoms with Gasteiger partial charge in [-0.25, -0.2) is 8.42 Å². The summed E-state index contributed by atoms with van der Waals surface area (Å²) in [6.45, 7) is 4.44. The summed E-state index contributed by atoms with van der Waals surface area (Å²) in [6, 6.07) is 11.2. The maximum Gasteiger partial charge on any atom is 0.273 e. The summed E-state index contributed by atoms with van der Waals surface area (Å²) >= 11 is 1.27. The van der Waals surface area contributed by atoms with E-state index >= 15 is 0 Å². The van der Waals surface area contributed by atoms with Gasteiger partial charge >= 0.3 is 0 Å². The molecule has 4 rings (SSSR count). The maximum absolute atomic E-state index is 13.0. The summed E-state index contributed by atoms with van der Waals surface area (Å²) in [5.41, 5.74) is 4.74. The largest absolute Gasteiger partial charge is 0.282 e. The lowest BCUT2D eigenvalue weighted by atomic mass is 10.2. The van der Waals surface area contributed by atoms with Crippen molar-refractivity contribution in [2.45, 2.75) is 24.5 Å². The minimum atomic E-state index is -3.53. The second-order valence-electron chi connectivity index (χ2n) is 5.90. The van der Waals surface area contributed by atoms with E-state index in [1.165, 1.54) is 15.6 Å². The SMILES string of the molecule is Cc1[nH]nc(-c2ccc(S(=O)(=O)N3CCc4ccccc43)s2)c1C. The molecule has 24 heavy (non-hydrogen) atoms. The van der Waals surface area contributed by atoms with Gasteiger partial charge in [-0.05, 0) is 49.6 Å². The zero-order valence-corrected chi connectivity index (χ0v) is 15.0. The number of sulfonamides is 1. The molecule has 0 aliphatic carbocycles. The van der Waals surface area contributed by atoms with Crippen molar-refractivity contribution >= 4 is 27.0 Å². The van der Waals surface area contributed by atoms with Crippen LogP contribution >= 0.6 is 11.3 Å². The molecule has 124 valence electrons. The first kappa shape index (κ1) is 15.4. The van der Waals surface area contributed by atoms with Crippen molar-refractivity contribution in [1.29, 1.82) is 0 Å². The summed E-state index contributed by atoms with van der Waals surface area (Å²) in [6.07, 6.45) is 0.755. The fourth-order valence-corrected chi connectivity index (χ4v) is 5.95. The first-order valence-electron chi connectivity index (χ1n) is 7.71. The van der Waals surface area contributed by atoms with Crippen LogP contribution in [0.1, 0.15) is 16.8 Å². The van der Waals surface area contributed by atoms with E-state index in [4.69, 9.17) is 0 Å². The maximum atomic E-state index is 13.0. The van der Waals surface area contributed by atoms with Crippen LogP contribution < -0.4 is 4.31 Å². The summed E-state index contributed by atoms with van der Waals surface area (Å²) in [5.74, 6) is 0. The van der Waals surface area contributed by atoms with Crippen molar-refractivity contribution in [3.05, 3.63) is 53.2 Å². The van der Waals surface area contributed by atoms with Gasteiger partial charge in [-0.1, -0.05) is 18.2 Å². The van der Waals surface area contributed by atoms with E-state index in [0.29, 0.717) is 10.8 Å². The molecule has 0 bridgehead atoms. The number of anilines is 1. The molecule has 1 N–H and O–H groups in total. The highest BCUT2D eigenvalue weighted by Gasteiger charge is 2.32. The van der Waals surface area contributed by atoms with Gasteiger partial charge in [0.25, 0.3) is 10.0 Å². The molecule has 3 aromatic rings. The number of hydrogen-bond acceptors (Lipinski definition) is 4. The summed E-state index contributed by atoms with van der Waals surface area (Å²) in [5, 5.41) is 7.24. The van der Waals surface area contributed by atoms with Gasteiger partial charge in [-0.3, -0.25) is 9.40 Å². The van der Waals surface area contributed by atoms with Crippen LogP contribution in [0.5, 0.6) is 0 Å².